The molecule has 8 heteroatoms. The van der Waals surface area contributed by atoms with Crippen LogP contribution in [-0.2, 0) is 32.6 Å². The lowest BCUT2D eigenvalue weighted by atomic mass is 10.1. The minimum absolute atomic E-state index is 0.0733. The third-order valence-electron chi connectivity index (χ3n) is 4.81. The third kappa shape index (κ3) is 5.86. The summed E-state index contributed by atoms with van der Waals surface area (Å²) in [6, 6.07) is 13.6. The average molecular weight is 419 g/mol. The molecule has 1 unspecified atom stereocenters. The Morgan fingerprint density at radius 1 is 1.14 bits per heavy atom. The van der Waals surface area contributed by atoms with Crippen LogP contribution in [0.5, 0.6) is 0 Å². The quantitative estimate of drug-likeness (QED) is 0.651. The highest BCUT2D eigenvalue weighted by molar-refractivity contribution is 7.89. The van der Waals surface area contributed by atoms with E-state index < -0.39 is 10.0 Å². The van der Waals surface area contributed by atoms with E-state index in [1.807, 2.05) is 24.3 Å². The molecule has 0 aromatic heterocycles. The molecule has 1 fully saturated rings. The summed E-state index contributed by atoms with van der Waals surface area (Å²) in [5.74, 6) is -0.270. The zero-order chi connectivity index (χ0) is 20.7. The van der Waals surface area contributed by atoms with Crippen molar-refractivity contribution in [1.82, 2.24) is 10.0 Å². The number of carbonyl (C=O) groups excluding carboxylic acids is 1. The van der Waals surface area contributed by atoms with Gasteiger partial charge in [-0.15, -0.1) is 0 Å². The van der Waals surface area contributed by atoms with E-state index in [1.165, 1.54) is 24.3 Å². The van der Waals surface area contributed by atoms with Crippen molar-refractivity contribution >= 4 is 15.9 Å². The highest BCUT2D eigenvalue weighted by Crippen LogP contribution is 2.15. The van der Waals surface area contributed by atoms with Crippen LogP contribution in [0.2, 0.25) is 0 Å². The molecule has 0 bridgehead atoms. The van der Waals surface area contributed by atoms with Crippen LogP contribution in [0, 0.1) is 0 Å². The highest BCUT2D eigenvalue weighted by Gasteiger charge is 2.20. The molecule has 1 aliphatic rings. The van der Waals surface area contributed by atoms with Gasteiger partial charge in [0.2, 0.25) is 10.0 Å². The lowest BCUT2D eigenvalue weighted by Crippen LogP contribution is -2.31. The molecular weight excluding hydrogens is 392 g/mol. The first-order chi connectivity index (χ1) is 14.0. The Bertz CT molecular complexity index is 922. The van der Waals surface area contributed by atoms with Gasteiger partial charge in [-0.25, -0.2) is 13.1 Å². The van der Waals surface area contributed by atoms with E-state index in [0.29, 0.717) is 25.3 Å². The number of amides is 1. The van der Waals surface area contributed by atoms with Gasteiger partial charge in [-0.2, -0.15) is 0 Å². The summed E-state index contributed by atoms with van der Waals surface area (Å²) in [5.41, 5.74) is 2.38. The third-order valence-corrected chi connectivity index (χ3v) is 6.25. The molecule has 7 nitrogen and oxygen atoms in total. The average Bonchev–Trinajstić information content (AvgIpc) is 3.26. The van der Waals surface area contributed by atoms with Gasteiger partial charge in [-0.05, 0) is 48.2 Å². The van der Waals surface area contributed by atoms with E-state index in [2.05, 4.69) is 10.0 Å². The standard InChI is InChI=1S/C21H26N2O5S/c1-27-15-18-6-3-2-5-17(18)13-22-21(24)16-8-10-20(11-9-16)29(25,26)23-14-19-7-4-12-28-19/h2-3,5-6,8-11,19,23H,4,7,12-15H2,1H3,(H,22,24). The molecule has 2 N–H and O–H groups in total. The molecule has 156 valence electrons. The molecule has 2 aromatic rings. The highest BCUT2D eigenvalue weighted by atomic mass is 32.2. The van der Waals surface area contributed by atoms with Crippen molar-refractivity contribution < 1.29 is 22.7 Å². The second-order valence-electron chi connectivity index (χ2n) is 6.90. The summed E-state index contributed by atoms with van der Waals surface area (Å²) >= 11 is 0. The molecule has 0 spiro atoms. The number of rotatable bonds is 9. The maximum atomic E-state index is 12.4. The van der Waals surface area contributed by atoms with Gasteiger partial charge in [0, 0.05) is 32.4 Å². The summed E-state index contributed by atoms with van der Waals surface area (Å²) in [6.07, 6.45) is 1.73. The van der Waals surface area contributed by atoms with Crippen LogP contribution < -0.4 is 10.0 Å². The van der Waals surface area contributed by atoms with Crippen LogP contribution in [0.15, 0.2) is 53.4 Å². The number of nitrogens with one attached hydrogen (secondary N) is 2. The number of methoxy groups -OCH3 is 1. The van der Waals surface area contributed by atoms with E-state index in [4.69, 9.17) is 9.47 Å². The van der Waals surface area contributed by atoms with Crippen molar-refractivity contribution in [3.05, 3.63) is 65.2 Å². The van der Waals surface area contributed by atoms with Crippen LogP contribution in [0.4, 0.5) is 0 Å². The van der Waals surface area contributed by atoms with Crippen LogP contribution in [0.1, 0.15) is 34.3 Å². The number of benzene rings is 2. The fourth-order valence-electron chi connectivity index (χ4n) is 3.18. The van der Waals surface area contributed by atoms with Gasteiger partial charge >= 0.3 is 0 Å². The molecular formula is C21H26N2O5S. The Morgan fingerprint density at radius 3 is 2.52 bits per heavy atom. The van der Waals surface area contributed by atoms with Crippen molar-refractivity contribution in [2.45, 2.75) is 37.0 Å². The minimum atomic E-state index is -3.63. The Kier molecular flexibility index (Phi) is 7.38. The number of carbonyl (C=O) groups is 1. The van der Waals surface area contributed by atoms with E-state index in [1.54, 1.807) is 7.11 Å². The van der Waals surface area contributed by atoms with Crippen LogP contribution in [-0.4, -0.2) is 40.7 Å². The zero-order valence-electron chi connectivity index (χ0n) is 16.4. The molecule has 1 aliphatic heterocycles. The molecule has 1 amide bonds. The SMILES string of the molecule is COCc1ccccc1CNC(=O)c1ccc(S(=O)(=O)NCC2CCCO2)cc1. The second-order valence-corrected chi connectivity index (χ2v) is 8.66. The Morgan fingerprint density at radius 2 is 1.86 bits per heavy atom. The number of hydrogen-bond acceptors (Lipinski definition) is 5. The van der Waals surface area contributed by atoms with Crippen LogP contribution in [0.3, 0.4) is 0 Å². The molecule has 29 heavy (non-hydrogen) atoms. The van der Waals surface area contributed by atoms with Gasteiger partial charge in [0.05, 0.1) is 17.6 Å². The van der Waals surface area contributed by atoms with Crippen LogP contribution in [0.25, 0.3) is 0 Å². The molecule has 1 atom stereocenters. The smallest absolute Gasteiger partial charge is 0.251 e. The van der Waals surface area contributed by atoms with E-state index in [-0.39, 0.29) is 23.5 Å². The molecule has 3 rings (SSSR count). The molecule has 1 heterocycles. The van der Waals surface area contributed by atoms with Crippen LogP contribution >= 0.6 is 0 Å². The monoisotopic (exact) mass is 418 g/mol. The maximum Gasteiger partial charge on any atom is 0.251 e. The number of hydrogen-bond donors (Lipinski definition) is 2. The predicted octanol–water partition coefficient (Wildman–Crippen LogP) is 2.22. The Balaban J connectivity index is 1.58. The summed E-state index contributed by atoms with van der Waals surface area (Å²) in [7, 11) is -2.01. The fourth-order valence-corrected chi connectivity index (χ4v) is 4.25. The summed E-state index contributed by atoms with van der Waals surface area (Å²) in [5, 5.41) is 2.86. The van der Waals surface area contributed by atoms with Crippen molar-refractivity contribution in [3.63, 3.8) is 0 Å². The number of ether oxygens (including phenoxy) is 2. The first-order valence-electron chi connectivity index (χ1n) is 9.55. The zero-order valence-corrected chi connectivity index (χ0v) is 17.2. The Labute approximate surface area is 171 Å². The summed E-state index contributed by atoms with van der Waals surface area (Å²) in [6.45, 7) is 1.76. The maximum absolute atomic E-state index is 12.4. The normalized spacial score (nSPS) is 16.7. The topological polar surface area (TPSA) is 93.7 Å². The predicted molar refractivity (Wildman–Crippen MR) is 109 cm³/mol. The van der Waals surface area contributed by atoms with E-state index in [9.17, 15) is 13.2 Å². The largest absolute Gasteiger partial charge is 0.380 e. The number of sulfonamides is 1. The van der Waals surface area contributed by atoms with Crippen molar-refractivity contribution in [1.29, 1.82) is 0 Å². The first kappa shape index (κ1) is 21.4. The molecule has 2 aromatic carbocycles. The Hall–Kier alpha value is -2.26. The van der Waals surface area contributed by atoms with Gasteiger partial charge in [0.15, 0.2) is 0 Å². The van der Waals surface area contributed by atoms with E-state index >= 15 is 0 Å². The van der Waals surface area contributed by atoms with Crippen molar-refractivity contribution in [3.8, 4) is 0 Å². The van der Waals surface area contributed by atoms with Gasteiger partial charge in [-0.3, -0.25) is 4.79 Å². The van der Waals surface area contributed by atoms with Crippen molar-refractivity contribution in [2.75, 3.05) is 20.3 Å². The molecule has 0 saturated carbocycles. The summed E-state index contributed by atoms with van der Waals surface area (Å²) in [4.78, 5) is 12.5. The van der Waals surface area contributed by atoms with Gasteiger partial charge in [-0.1, -0.05) is 24.3 Å². The molecule has 0 radical (unpaired) electrons. The summed E-state index contributed by atoms with van der Waals surface area (Å²) < 4.78 is 38.0. The van der Waals surface area contributed by atoms with Gasteiger partial charge in [0.1, 0.15) is 0 Å². The minimum Gasteiger partial charge on any atom is -0.380 e. The molecule has 0 aliphatic carbocycles. The van der Waals surface area contributed by atoms with Crippen molar-refractivity contribution in [2.24, 2.45) is 0 Å². The van der Waals surface area contributed by atoms with Gasteiger partial charge in [0.25, 0.3) is 5.91 Å². The lowest BCUT2D eigenvalue weighted by molar-refractivity contribution is 0.0950. The first-order valence-corrected chi connectivity index (χ1v) is 11.0. The second kappa shape index (κ2) is 9.98. The lowest BCUT2D eigenvalue weighted by Gasteiger charge is -2.12. The van der Waals surface area contributed by atoms with E-state index in [0.717, 1.165) is 24.0 Å². The van der Waals surface area contributed by atoms with Gasteiger partial charge < -0.3 is 14.8 Å². The molecule has 1 saturated heterocycles. The fraction of sp³-hybridized carbons (Fsp3) is 0.381.